The Labute approximate surface area is 116 Å². The van der Waals surface area contributed by atoms with E-state index in [1.807, 2.05) is 13.2 Å². The van der Waals surface area contributed by atoms with Crippen LogP contribution in [0.1, 0.15) is 45.2 Å². The summed E-state index contributed by atoms with van der Waals surface area (Å²) in [6, 6.07) is 2.25. The second-order valence-electron chi connectivity index (χ2n) is 5.31. The summed E-state index contributed by atoms with van der Waals surface area (Å²) >= 11 is 0. The predicted octanol–water partition coefficient (Wildman–Crippen LogP) is 2.95. The van der Waals surface area contributed by atoms with E-state index in [-0.39, 0.29) is 11.6 Å². The van der Waals surface area contributed by atoms with Crippen LogP contribution in [0.2, 0.25) is 0 Å². The highest BCUT2D eigenvalue weighted by Gasteiger charge is 2.23. The molecule has 108 valence electrons. The van der Waals surface area contributed by atoms with Crippen LogP contribution in [0.3, 0.4) is 0 Å². The smallest absolute Gasteiger partial charge is 0.137 e. The van der Waals surface area contributed by atoms with Crippen molar-refractivity contribution >= 4 is 0 Å². The Balaban J connectivity index is 2.80. The Bertz CT molecular complexity index is 380. The molecule has 0 aliphatic heterocycles. The van der Waals surface area contributed by atoms with Crippen LogP contribution in [0.4, 0.5) is 0 Å². The maximum atomic E-state index is 5.63. The molecule has 1 aromatic heterocycles. The number of nitrogens with zero attached hydrogens (tertiary/aromatic N) is 1. The second kappa shape index (κ2) is 7.46. The van der Waals surface area contributed by atoms with Crippen molar-refractivity contribution in [2.75, 3.05) is 20.8 Å². The van der Waals surface area contributed by atoms with Crippen molar-refractivity contribution in [1.82, 2.24) is 10.3 Å². The van der Waals surface area contributed by atoms with Crippen LogP contribution in [-0.4, -0.2) is 31.3 Å². The van der Waals surface area contributed by atoms with Crippen LogP contribution in [0.15, 0.2) is 18.5 Å². The molecule has 4 heteroatoms. The summed E-state index contributed by atoms with van der Waals surface area (Å²) in [7, 11) is 3.70. The molecule has 0 radical (unpaired) electrons. The van der Waals surface area contributed by atoms with E-state index in [9.17, 15) is 0 Å². The molecule has 0 aromatic carbocycles. The van der Waals surface area contributed by atoms with E-state index in [1.165, 1.54) is 0 Å². The molecule has 0 spiro atoms. The van der Waals surface area contributed by atoms with Crippen LogP contribution >= 0.6 is 0 Å². The van der Waals surface area contributed by atoms with Gasteiger partial charge in [0.05, 0.1) is 18.4 Å². The number of ether oxygens (including phenoxy) is 2. The molecule has 1 aromatic rings. The van der Waals surface area contributed by atoms with Gasteiger partial charge in [0.2, 0.25) is 0 Å². The van der Waals surface area contributed by atoms with Crippen molar-refractivity contribution in [3.8, 4) is 5.75 Å². The van der Waals surface area contributed by atoms with Crippen molar-refractivity contribution in [2.45, 2.75) is 45.3 Å². The summed E-state index contributed by atoms with van der Waals surface area (Å²) in [5, 5.41) is 3.32. The number of pyridine rings is 1. The summed E-state index contributed by atoms with van der Waals surface area (Å²) in [5.41, 5.74) is 0.953. The molecule has 1 heterocycles. The molecular weight excluding hydrogens is 240 g/mol. The lowest BCUT2D eigenvalue weighted by atomic mass is 9.94. The van der Waals surface area contributed by atoms with Gasteiger partial charge in [-0.05, 0) is 45.4 Å². The molecule has 0 aliphatic carbocycles. The fourth-order valence-corrected chi connectivity index (χ4v) is 1.89. The summed E-state index contributed by atoms with van der Waals surface area (Å²) in [4.78, 5) is 4.26. The van der Waals surface area contributed by atoms with Gasteiger partial charge < -0.3 is 14.8 Å². The highest BCUT2D eigenvalue weighted by atomic mass is 16.5. The van der Waals surface area contributed by atoms with E-state index in [4.69, 9.17) is 9.47 Å². The molecule has 0 fully saturated rings. The minimum atomic E-state index is -0.173. The molecule has 4 nitrogen and oxygen atoms in total. The minimum absolute atomic E-state index is 0.173. The fourth-order valence-electron chi connectivity index (χ4n) is 1.89. The third-order valence-corrected chi connectivity index (χ3v) is 3.21. The van der Waals surface area contributed by atoms with E-state index in [1.54, 1.807) is 13.3 Å². The zero-order chi connectivity index (χ0) is 14.3. The van der Waals surface area contributed by atoms with Gasteiger partial charge in [-0.1, -0.05) is 6.92 Å². The van der Waals surface area contributed by atoms with Crippen molar-refractivity contribution < 1.29 is 9.47 Å². The van der Waals surface area contributed by atoms with Crippen LogP contribution < -0.4 is 10.1 Å². The fraction of sp³-hybridized carbons (Fsp3) is 0.667. The lowest BCUT2D eigenvalue weighted by Gasteiger charge is -2.28. The van der Waals surface area contributed by atoms with E-state index in [0.717, 1.165) is 30.8 Å². The average Bonchev–Trinajstić information content (AvgIpc) is 2.43. The lowest BCUT2D eigenvalue weighted by molar-refractivity contribution is 0.00740. The van der Waals surface area contributed by atoms with Crippen LogP contribution in [0.25, 0.3) is 0 Å². The van der Waals surface area contributed by atoms with Crippen LogP contribution in [0.5, 0.6) is 5.75 Å². The lowest BCUT2D eigenvalue weighted by Crippen LogP contribution is -2.30. The Hall–Kier alpha value is -1.13. The third kappa shape index (κ3) is 5.17. The van der Waals surface area contributed by atoms with Gasteiger partial charge in [0.1, 0.15) is 5.75 Å². The summed E-state index contributed by atoms with van der Waals surface area (Å²) in [5.74, 6) is 0.829. The zero-order valence-electron chi connectivity index (χ0n) is 12.7. The SMILES string of the molecule is CCCOc1cncc(C(CC(C)(C)OC)NC)c1. The van der Waals surface area contributed by atoms with Gasteiger partial charge in [0.25, 0.3) is 0 Å². The van der Waals surface area contributed by atoms with Gasteiger partial charge >= 0.3 is 0 Å². The maximum Gasteiger partial charge on any atom is 0.137 e. The zero-order valence-corrected chi connectivity index (χ0v) is 12.7. The second-order valence-corrected chi connectivity index (χ2v) is 5.31. The van der Waals surface area contributed by atoms with Crippen LogP contribution in [0, 0.1) is 0 Å². The predicted molar refractivity (Wildman–Crippen MR) is 77.5 cm³/mol. The first kappa shape index (κ1) is 15.9. The van der Waals surface area contributed by atoms with Gasteiger partial charge in [-0.25, -0.2) is 0 Å². The molecular formula is C15H26N2O2. The number of methoxy groups -OCH3 is 1. The standard InChI is InChI=1S/C15H26N2O2/c1-6-7-19-13-8-12(10-17-11-13)14(16-4)9-15(2,3)18-5/h8,10-11,14,16H,6-7,9H2,1-5H3. The number of hydrogen-bond donors (Lipinski definition) is 1. The molecule has 1 rings (SSSR count). The summed E-state index contributed by atoms with van der Waals surface area (Å²) in [6.07, 6.45) is 5.51. The van der Waals surface area contributed by atoms with Crippen molar-refractivity contribution in [1.29, 1.82) is 0 Å². The number of aromatic nitrogens is 1. The number of hydrogen-bond acceptors (Lipinski definition) is 4. The molecule has 1 unspecified atom stereocenters. The highest BCUT2D eigenvalue weighted by molar-refractivity contribution is 5.26. The Morgan fingerprint density at radius 2 is 2.11 bits per heavy atom. The first-order chi connectivity index (χ1) is 9.02. The molecule has 0 aliphatic rings. The summed E-state index contributed by atoms with van der Waals surface area (Å²) in [6.45, 7) is 6.98. The monoisotopic (exact) mass is 266 g/mol. The van der Waals surface area contributed by atoms with E-state index >= 15 is 0 Å². The molecule has 19 heavy (non-hydrogen) atoms. The number of nitrogens with one attached hydrogen (secondary N) is 1. The summed E-state index contributed by atoms with van der Waals surface area (Å²) < 4.78 is 11.1. The molecule has 0 saturated heterocycles. The molecule has 0 bridgehead atoms. The minimum Gasteiger partial charge on any atom is -0.492 e. The Morgan fingerprint density at radius 3 is 2.68 bits per heavy atom. The van der Waals surface area contributed by atoms with Gasteiger partial charge in [0, 0.05) is 19.3 Å². The first-order valence-electron chi connectivity index (χ1n) is 6.82. The van der Waals surface area contributed by atoms with Gasteiger partial charge in [-0.3, -0.25) is 4.98 Å². The molecule has 0 saturated carbocycles. The Kier molecular flexibility index (Phi) is 6.25. The largest absolute Gasteiger partial charge is 0.492 e. The highest BCUT2D eigenvalue weighted by Crippen LogP contribution is 2.27. The third-order valence-electron chi connectivity index (χ3n) is 3.21. The van der Waals surface area contributed by atoms with Crippen molar-refractivity contribution in [2.24, 2.45) is 0 Å². The van der Waals surface area contributed by atoms with Gasteiger partial charge in [-0.2, -0.15) is 0 Å². The quantitative estimate of drug-likeness (QED) is 0.785. The topological polar surface area (TPSA) is 43.4 Å². The molecule has 0 amide bonds. The van der Waals surface area contributed by atoms with Crippen molar-refractivity contribution in [3.63, 3.8) is 0 Å². The first-order valence-corrected chi connectivity index (χ1v) is 6.82. The van der Waals surface area contributed by atoms with Crippen LogP contribution in [-0.2, 0) is 4.74 Å². The van der Waals surface area contributed by atoms with Gasteiger partial charge in [-0.15, -0.1) is 0 Å². The molecule has 1 atom stereocenters. The maximum absolute atomic E-state index is 5.63. The Morgan fingerprint density at radius 1 is 1.37 bits per heavy atom. The molecule has 1 N–H and O–H groups in total. The normalized spacial score (nSPS) is 13.3. The van der Waals surface area contributed by atoms with Crippen molar-refractivity contribution in [3.05, 3.63) is 24.0 Å². The van der Waals surface area contributed by atoms with E-state index < -0.39 is 0 Å². The van der Waals surface area contributed by atoms with E-state index in [2.05, 4.69) is 37.1 Å². The average molecular weight is 266 g/mol. The van der Waals surface area contributed by atoms with E-state index in [0.29, 0.717) is 0 Å². The number of rotatable bonds is 8. The van der Waals surface area contributed by atoms with Gasteiger partial charge in [0.15, 0.2) is 0 Å².